The highest BCUT2D eigenvalue weighted by Gasteiger charge is 2.42. The first-order valence-electron chi connectivity index (χ1n) is 14.7. The van der Waals surface area contributed by atoms with Crippen LogP contribution in [-0.4, -0.2) is 107 Å². The summed E-state index contributed by atoms with van der Waals surface area (Å²) in [4.78, 5) is 22.5. The molecule has 4 aliphatic rings. The topological polar surface area (TPSA) is 39.3 Å². The van der Waals surface area contributed by atoms with Crippen LogP contribution in [-0.2, 0) is 9.53 Å². The lowest BCUT2D eigenvalue weighted by Crippen LogP contribution is -2.53. The molecule has 6 heteroatoms. The van der Waals surface area contributed by atoms with E-state index in [1.54, 1.807) is 0 Å². The Bertz CT molecular complexity index is 711. The lowest BCUT2D eigenvalue weighted by molar-refractivity contribution is -0.131. The van der Waals surface area contributed by atoms with Crippen molar-refractivity contribution in [3.05, 3.63) is 0 Å². The molecule has 0 aromatic carbocycles. The molecule has 0 aromatic heterocycles. The lowest BCUT2D eigenvalue weighted by atomic mass is 9.77. The van der Waals surface area contributed by atoms with Crippen molar-refractivity contribution in [1.82, 2.24) is 19.6 Å². The van der Waals surface area contributed by atoms with E-state index in [9.17, 15) is 4.79 Å². The summed E-state index contributed by atoms with van der Waals surface area (Å²) in [7, 11) is 0. The van der Waals surface area contributed by atoms with Gasteiger partial charge >= 0.3 is 0 Å². The van der Waals surface area contributed by atoms with Crippen molar-refractivity contribution in [2.45, 2.75) is 123 Å². The number of carbonyl (C=O) groups is 1. The second-order valence-electron chi connectivity index (χ2n) is 13.3. The van der Waals surface area contributed by atoms with Crippen LogP contribution >= 0.6 is 0 Å². The Morgan fingerprint density at radius 2 is 1.66 bits per heavy atom. The van der Waals surface area contributed by atoms with Gasteiger partial charge in [-0.2, -0.15) is 0 Å². The Labute approximate surface area is 215 Å². The summed E-state index contributed by atoms with van der Waals surface area (Å²) in [6.07, 6.45) is 6.93. The molecule has 4 heterocycles. The SMILES string of the molecule is CC(C)N1CCC(N2CCC(OC(C)(C)[C@H]3CC(CC(C)N4CCCC4=O)CN(C(C)C)C3)C2)C1. The van der Waals surface area contributed by atoms with E-state index in [2.05, 4.69) is 68.1 Å². The van der Waals surface area contributed by atoms with Crippen LogP contribution < -0.4 is 0 Å². The smallest absolute Gasteiger partial charge is 0.222 e. The molecule has 1 amide bonds. The van der Waals surface area contributed by atoms with Crippen LogP contribution in [0.1, 0.15) is 87.0 Å². The van der Waals surface area contributed by atoms with Gasteiger partial charge < -0.3 is 14.5 Å². The van der Waals surface area contributed by atoms with E-state index >= 15 is 0 Å². The molecule has 4 saturated heterocycles. The number of rotatable bonds is 9. The molecule has 0 radical (unpaired) electrons. The van der Waals surface area contributed by atoms with Crippen LogP contribution in [0.25, 0.3) is 0 Å². The van der Waals surface area contributed by atoms with Gasteiger partial charge in [-0.3, -0.25) is 14.6 Å². The molecule has 0 spiro atoms. The number of hydrogen-bond donors (Lipinski definition) is 0. The molecule has 0 bridgehead atoms. The second-order valence-corrected chi connectivity index (χ2v) is 13.3. The Hall–Kier alpha value is -0.690. The molecule has 35 heavy (non-hydrogen) atoms. The van der Waals surface area contributed by atoms with Crippen LogP contribution in [0.4, 0.5) is 0 Å². The van der Waals surface area contributed by atoms with Gasteiger partial charge in [-0.1, -0.05) is 0 Å². The van der Waals surface area contributed by atoms with Gasteiger partial charge in [0.2, 0.25) is 5.91 Å². The summed E-state index contributed by atoms with van der Waals surface area (Å²) in [5.74, 6) is 1.52. The minimum absolute atomic E-state index is 0.126. The fourth-order valence-corrected chi connectivity index (χ4v) is 7.32. The van der Waals surface area contributed by atoms with E-state index in [0.29, 0.717) is 48.0 Å². The number of hydrogen-bond acceptors (Lipinski definition) is 5. The maximum absolute atomic E-state index is 12.3. The molecular weight excluding hydrogens is 436 g/mol. The van der Waals surface area contributed by atoms with Gasteiger partial charge in [-0.05, 0) is 86.5 Å². The van der Waals surface area contributed by atoms with E-state index in [4.69, 9.17) is 4.74 Å². The van der Waals surface area contributed by atoms with Crippen molar-refractivity contribution in [3.8, 4) is 0 Å². The molecule has 4 unspecified atom stereocenters. The molecule has 0 aliphatic carbocycles. The zero-order valence-electron chi connectivity index (χ0n) is 23.8. The first kappa shape index (κ1) is 27.3. The highest BCUT2D eigenvalue weighted by atomic mass is 16.5. The van der Waals surface area contributed by atoms with Gasteiger partial charge in [-0.15, -0.1) is 0 Å². The minimum atomic E-state index is -0.126. The van der Waals surface area contributed by atoms with E-state index in [-0.39, 0.29) is 5.60 Å². The quantitative estimate of drug-likeness (QED) is 0.487. The van der Waals surface area contributed by atoms with Gasteiger partial charge in [0.25, 0.3) is 0 Å². The van der Waals surface area contributed by atoms with Gasteiger partial charge in [-0.25, -0.2) is 0 Å². The van der Waals surface area contributed by atoms with Gasteiger partial charge in [0.05, 0.1) is 11.7 Å². The Morgan fingerprint density at radius 3 is 2.29 bits per heavy atom. The summed E-state index contributed by atoms with van der Waals surface area (Å²) in [6, 6.07) is 2.27. The van der Waals surface area contributed by atoms with E-state index in [1.165, 1.54) is 38.9 Å². The maximum atomic E-state index is 12.3. The average Bonchev–Trinajstić information content (AvgIpc) is 3.53. The molecule has 6 nitrogen and oxygen atoms in total. The monoisotopic (exact) mass is 490 g/mol. The van der Waals surface area contributed by atoms with Crippen LogP contribution in [0.15, 0.2) is 0 Å². The molecule has 5 atom stereocenters. The third-order valence-corrected chi connectivity index (χ3v) is 9.68. The number of ether oxygens (including phenoxy) is 1. The van der Waals surface area contributed by atoms with Crippen molar-refractivity contribution in [2.24, 2.45) is 11.8 Å². The fourth-order valence-electron chi connectivity index (χ4n) is 7.32. The van der Waals surface area contributed by atoms with Crippen LogP contribution in [0.5, 0.6) is 0 Å². The lowest BCUT2D eigenvalue weighted by Gasteiger charge is -2.47. The minimum Gasteiger partial charge on any atom is -0.371 e. The predicted octanol–water partition coefficient (Wildman–Crippen LogP) is 4.09. The average molecular weight is 491 g/mol. The summed E-state index contributed by atoms with van der Waals surface area (Å²) in [5, 5.41) is 0. The van der Waals surface area contributed by atoms with Gasteiger partial charge in [0.1, 0.15) is 0 Å². The summed E-state index contributed by atoms with van der Waals surface area (Å²) < 4.78 is 6.95. The molecule has 0 N–H and O–H groups in total. The van der Waals surface area contributed by atoms with Crippen molar-refractivity contribution in [1.29, 1.82) is 0 Å². The van der Waals surface area contributed by atoms with Crippen LogP contribution in [0.2, 0.25) is 0 Å². The number of piperidine rings is 1. The van der Waals surface area contributed by atoms with Crippen molar-refractivity contribution < 1.29 is 9.53 Å². The van der Waals surface area contributed by atoms with Gasteiger partial charge in [0, 0.05) is 82.3 Å². The largest absolute Gasteiger partial charge is 0.371 e. The van der Waals surface area contributed by atoms with E-state index in [0.717, 1.165) is 45.4 Å². The first-order chi connectivity index (χ1) is 16.5. The fraction of sp³-hybridized carbons (Fsp3) is 0.966. The number of likely N-dealkylation sites (tertiary alicyclic amines) is 4. The predicted molar refractivity (Wildman–Crippen MR) is 144 cm³/mol. The summed E-state index contributed by atoms with van der Waals surface area (Å²) >= 11 is 0. The second kappa shape index (κ2) is 11.4. The van der Waals surface area contributed by atoms with Crippen molar-refractivity contribution in [2.75, 3.05) is 45.8 Å². The van der Waals surface area contributed by atoms with E-state index < -0.39 is 0 Å². The van der Waals surface area contributed by atoms with Gasteiger partial charge in [0.15, 0.2) is 0 Å². The molecular formula is C29H54N4O2. The third kappa shape index (κ3) is 6.61. The summed E-state index contributed by atoms with van der Waals surface area (Å²) in [5.41, 5.74) is -0.126. The molecule has 0 saturated carbocycles. The number of amides is 1. The standard InChI is InChI=1S/C29H54N4O2/c1-21(2)30-13-10-26(19-30)31-14-11-27(20-31)35-29(6,7)25-16-24(17-32(18-25)22(3)4)15-23(5)33-12-8-9-28(33)34/h21-27H,8-20H2,1-7H3/t23?,24?,25-,26?,27?/m0/s1. The zero-order chi connectivity index (χ0) is 25.3. The normalized spacial score (nSPS) is 33.1. The maximum Gasteiger partial charge on any atom is 0.222 e. The highest BCUT2D eigenvalue weighted by Crippen LogP contribution is 2.38. The molecule has 202 valence electrons. The van der Waals surface area contributed by atoms with Crippen molar-refractivity contribution in [3.63, 3.8) is 0 Å². The van der Waals surface area contributed by atoms with Crippen LogP contribution in [0.3, 0.4) is 0 Å². The molecule has 4 aliphatic heterocycles. The Balaban J connectivity index is 1.33. The van der Waals surface area contributed by atoms with Crippen molar-refractivity contribution >= 4 is 5.91 Å². The first-order valence-corrected chi connectivity index (χ1v) is 14.7. The zero-order valence-corrected chi connectivity index (χ0v) is 23.8. The Morgan fingerprint density at radius 1 is 0.914 bits per heavy atom. The summed E-state index contributed by atoms with van der Waals surface area (Å²) in [6.45, 7) is 24.3. The highest BCUT2D eigenvalue weighted by molar-refractivity contribution is 5.78. The third-order valence-electron chi connectivity index (χ3n) is 9.68. The number of nitrogens with zero attached hydrogens (tertiary/aromatic N) is 4. The van der Waals surface area contributed by atoms with E-state index in [1.807, 2.05) is 0 Å². The molecule has 4 rings (SSSR count). The van der Waals surface area contributed by atoms with Crippen LogP contribution in [0, 0.1) is 11.8 Å². The molecule has 0 aromatic rings. The molecule has 4 fully saturated rings. The Kier molecular flexibility index (Phi) is 8.88. The number of carbonyl (C=O) groups excluding carboxylic acids is 1.